The molecular weight excluding hydrogens is 449 g/mol. The fourth-order valence-electron chi connectivity index (χ4n) is 4.18. The van der Waals surface area contributed by atoms with Crippen molar-refractivity contribution in [1.29, 1.82) is 0 Å². The SMILES string of the molecule is Cc1nc(C(=O)N2CCC[C@H](C)[C@@H]2CNc2ccc(C(F)(F)F)cn2)c(-c2ccccc2)s1. The molecule has 0 bridgehead atoms. The number of likely N-dealkylation sites (tertiary alicyclic amines) is 1. The van der Waals surface area contributed by atoms with Gasteiger partial charge in [0.1, 0.15) is 11.5 Å². The van der Waals surface area contributed by atoms with Crippen LogP contribution in [-0.2, 0) is 6.18 Å². The molecule has 1 aliphatic rings. The fraction of sp³-hybridized carbons (Fsp3) is 0.375. The maximum Gasteiger partial charge on any atom is 0.417 e. The van der Waals surface area contributed by atoms with Gasteiger partial charge in [0.2, 0.25) is 0 Å². The highest BCUT2D eigenvalue weighted by Crippen LogP contribution is 2.33. The van der Waals surface area contributed by atoms with Crippen molar-refractivity contribution < 1.29 is 18.0 Å². The normalized spacial score (nSPS) is 18.9. The topological polar surface area (TPSA) is 58.1 Å². The molecule has 1 aliphatic heterocycles. The Balaban J connectivity index is 1.54. The quantitative estimate of drug-likeness (QED) is 0.501. The minimum Gasteiger partial charge on any atom is -0.368 e. The molecule has 0 spiro atoms. The molecule has 9 heteroatoms. The van der Waals surface area contributed by atoms with Crippen LogP contribution in [-0.4, -0.2) is 39.9 Å². The Morgan fingerprint density at radius 3 is 2.64 bits per heavy atom. The van der Waals surface area contributed by atoms with Gasteiger partial charge >= 0.3 is 6.18 Å². The lowest BCUT2D eigenvalue weighted by Crippen LogP contribution is -2.51. The van der Waals surface area contributed by atoms with E-state index >= 15 is 0 Å². The van der Waals surface area contributed by atoms with E-state index in [0.717, 1.165) is 40.6 Å². The lowest BCUT2D eigenvalue weighted by Gasteiger charge is -2.40. The zero-order valence-corrected chi connectivity index (χ0v) is 19.2. The van der Waals surface area contributed by atoms with E-state index < -0.39 is 11.7 Å². The van der Waals surface area contributed by atoms with E-state index in [1.165, 1.54) is 17.4 Å². The van der Waals surface area contributed by atoms with Crippen LogP contribution in [0.15, 0.2) is 48.7 Å². The van der Waals surface area contributed by atoms with Crippen molar-refractivity contribution in [3.05, 3.63) is 64.9 Å². The zero-order chi connectivity index (χ0) is 23.6. The number of halogens is 3. The van der Waals surface area contributed by atoms with Crippen molar-refractivity contribution in [2.24, 2.45) is 5.92 Å². The lowest BCUT2D eigenvalue weighted by atomic mass is 9.90. The molecule has 2 atom stereocenters. The molecule has 1 amide bonds. The third-order valence-electron chi connectivity index (χ3n) is 5.93. The molecule has 3 heterocycles. The second kappa shape index (κ2) is 9.51. The van der Waals surface area contributed by atoms with Gasteiger partial charge < -0.3 is 10.2 Å². The van der Waals surface area contributed by atoms with E-state index in [1.54, 1.807) is 0 Å². The molecule has 1 N–H and O–H groups in total. The molecule has 4 rings (SSSR count). The second-order valence-corrected chi connectivity index (χ2v) is 9.48. The third-order valence-corrected chi connectivity index (χ3v) is 6.95. The second-order valence-electron chi connectivity index (χ2n) is 8.27. The van der Waals surface area contributed by atoms with Gasteiger partial charge in [-0.15, -0.1) is 11.3 Å². The van der Waals surface area contributed by atoms with Gasteiger partial charge in [-0.25, -0.2) is 9.97 Å². The number of carbonyl (C=O) groups excluding carboxylic acids is 1. The number of hydrogen-bond donors (Lipinski definition) is 1. The Morgan fingerprint density at radius 1 is 1.21 bits per heavy atom. The number of aromatic nitrogens is 2. The highest BCUT2D eigenvalue weighted by atomic mass is 32.1. The monoisotopic (exact) mass is 474 g/mol. The first-order valence-corrected chi connectivity index (χ1v) is 11.7. The average molecular weight is 475 g/mol. The summed E-state index contributed by atoms with van der Waals surface area (Å²) in [5.41, 5.74) is 0.624. The number of benzene rings is 1. The van der Waals surface area contributed by atoms with Crippen LogP contribution in [0.4, 0.5) is 19.0 Å². The van der Waals surface area contributed by atoms with E-state index in [9.17, 15) is 18.0 Å². The van der Waals surface area contributed by atoms with Crippen LogP contribution in [0.2, 0.25) is 0 Å². The molecule has 1 saturated heterocycles. The smallest absolute Gasteiger partial charge is 0.368 e. The van der Waals surface area contributed by atoms with Crippen LogP contribution in [0.25, 0.3) is 10.4 Å². The van der Waals surface area contributed by atoms with Gasteiger partial charge in [-0.1, -0.05) is 37.3 Å². The Kier molecular flexibility index (Phi) is 6.69. The number of aryl methyl sites for hydroxylation is 1. The van der Waals surface area contributed by atoms with Crippen LogP contribution >= 0.6 is 11.3 Å². The van der Waals surface area contributed by atoms with Gasteiger partial charge in [0.15, 0.2) is 0 Å². The number of hydrogen-bond acceptors (Lipinski definition) is 5. The van der Waals surface area contributed by atoms with E-state index in [4.69, 9.17) is 0 Å². The Bertz CT molecular complexity index is 1100. The Labute approximate surface area is 194 Å². The van der Waals surface area contributed by atoms with E-state index in [2.05, 4.69) is 22.2 Å². The van der Waals surface area contributed by atoms with Crippen LogP contribution in [0.3, 0.4) is 0 Å². The number of anilines is 1. The molecule has 2 aromatic heterocycles. The molecule has 1 aromatic carbocycles. The number of nitrogens with zero attached hydrogens (tertiary/aromatic N) is 3. The van der Waals surface area contributed by atoms with Gasteiger partial charge in [0, 0.05) is 19.3 Å². The van der Waals surface area contributed by atoms with Gasteiger partial charge in [-0.3, -0.25) is 4.79 Å². The summed E-state index contributed by atoms with van der Waals surface area (Å²) in [6, 6.07) is 11.9. The van der Waals surface area contributed by atoms with E-state index in [1.807, 2.05) is 42.2 Å². The largest absolute Gasteiger partial charge is 0.417 e. The van der Waals surface area contributed by atoms with Crippen molar-refractivity contribution >= 4 is 23.1 Å². The predicted octanol–water partition coefficient (Wildman–Crippen LogP) is 5.89. The molecule has 0 radical (unpaired) electrons. The van der Waals surface area contributed by atoms with Gasteiger partial charge in [0.25, 0.3) is 5.91 Å². The zero-order valence-electron chi connectivity index (χ0n) is 18.4. The minimum atomic E-state index is -4.42. The molecule has 3 aromatic rings. The highest BCUT2D eigenvalue weighted by molar-refractivity contribution is 7.15. The number of rotatable bonds is 5. The Hall–Kier alpha value is -2.94. The van der Waals surface area contributed by atoms with Crippen molar-refractivity contribution in [3.63, 3.8) is 0 Å². The standard InChI is InChI=1S/C24H25F3N4OS/c1-15-7-6-12-31(19(15)14-29-20-11-10-18(13-28-20)24(25,26)27)23(32)21-22(33-16(2)30-21)17-8-4-3-5-9-17/h3-5,8-11,13,15,19H,6-7,12,14H2,1-2H3,(H,28,29)/t15-,19-/m0/s1. The third kappa shape index (κ3) is 5.19. The summed E-state index contributed by atoms with van der Waals surface area (Å²) in [6.45, 7) is 4.99. The van der Waals surface area contributed by atoms with Crippen LogP contribution < -0.4 is 5.32 Å². The van der Waals surface area contributed by atoms with Gasteiger partial charge in [0.05, 0.1) is 21.5 Å². The summed E-state index contributed by atoms with van der Waals surface area (Å²) in [5, 5.41) is 3.95. The molecular formula is C24H25F3N4OS. The van der Waals surface area contributed by atoms with Crippen LogP contribution in [0.1, 0.15) is 40.8 Å². The first-order chi connectivity index (χ1) is 15.7. The van der Waals surface area contributed by atoms with E-state index in [-0.39, 0.29) is 17.9 Å². The number of thiazole rings is 1. The molecule has 0 saturated carbocycles. The first-order valence-electron chi connectivity index (χ1n) is 10.8. The molecule has 0 unspecified atom stereocenters. The van der Waals surface area contributed by atoms with Gasteiger partial charge in [-0.2, -0.15) is 13.2 Å². The summed E-state index contributed by atoms with van der Waals surface area (Å²) < 4.78 is 38.4. The summed E-state index contributed by atoms with van der Waals surface area (Å²) in [5.74, 6) is 0.462. The van der Waals surface area contributed by atoms with Crippen molar-refractivity contribution in [1.82, 2.24) is 14.9 Å². The van der Waals surface area contributed by atoms with E-state index in [0.29, 0.717) is 24.6 Å². The number of nitrogens with one attached hydrogen (secondary N) is 1. The summed E-state index contributed by atoms with van der Waals surface area (Å²) >= 11 is 1.50. The number of carbonyl (C=O) groups is 1. The molecule has 5 nitrogen and oxygen atoms in total. The fourth-order valence-corrected chi connectivity index (χ4v) is 5.10. The summed E-state index contributed by atoms with van der Waals surface area (Å²) in [7, 11) is 0. The van der Waals surface area contributed by atoms with Crippen molar-refractivity contribution in [3.8, 4) is 10.4 Å². The van der Waals surface area contributed by atoms with Crippen molar-refractivity contribution in [2.75, 3.05) is 18.4 Å². The predicted molar refractivity (Wildman–Crippen MR) is 123 cm³/mol. The molecule has 174 valence electrons. The van der Waals surface area contributed by atoms with Crippen LogP contribution in [0, 0.1) is 12.8 Å². The van der Waals surface area contributed by atoms with Gasteiger partial charge in [-0.05, 0) is 43.4 Å². The number of piperidine rings is 1. The maximum atomic E-state index is 13.6. The van der Waals surface area contributed by atoms with Crippen molar-refractivity contribution in [2.45, 2.75) is 38.9 Å². The number of amides is 1. The van der Waals surface area contributed by atoms with Crippen LogP contribution in [0.5, 0.6) is 0 Å². The molecule has 0 aliphatic carbocycles. The number of pyridine rings is 1. The lowest BCUT2D eigenvalue weighted by molar-refractivity contribution is -0.137. The maximum absolute atomic E-state index is 13.6. The summed E-state index contributed by atoms with van der Waals surface area (Å²) in [4.78, 5) is 24.8. The summed E-state index contributed by atoms with van der Waals surface area (Å²) in [6.07, 6.45) is -1.74. The highest BCUT2D eigenvalue weighted by Gasteiger charge is 2.35. The number of alkyl halides is 3. The molecule has 33 heavy (non-hydrogen) atoms. The minimum absolute atomic E-state index is 0.114. The Morgan fingerprint density at radius 2 is 1.97 bits per heavy atom. The first kappa shape index (κ1) is 23.2. The average Bonchev–Trinajstić information content (AvgIpc) is 3.19. The molecule has 1 fully saturated rings.